The lowest BCUT2D eigenvalue weighted by atomic mass is 10.1. The summed E-state index contributed by atoms with van der Waals surface area (Å²) in [6.45, 7) is 4.03. The Bertz CT molecular complexity index is 503. The van der Waals surface area contributed by atoms with Crippen LogP contribution in [-0.4, -0.2) is 9.78 Å². The van der Waals surface area contributed by atoms with E-state index in [0.29, 0.717) is 16.9 Å². The molecule has 0 saturated carbocycles. The molecule has 16 heavy (non-hydrogen) atoms. The van der Waals surface area contributed by atoms with Crippen molar-refractivity contribution in [2.45, 2.75) is 19.9 Å². The van der Waals surface area contributed by atoms with E-state index in [-0.39, 0.29) is 11.9 Å². The molecule has 0 aliphatic heterocycles. The van der Waals surface area contributed by atoms with Crippen molar-refractivity contribution >= 4 is 5.69 Å². The third-order valence-corrected chi connectivity index (χ3v) is 2.39. The first-order chi connectivity index (χ1) is 7.58. The van der Waals surface area contributed by atoms with Crippen LogP contribution in [0.1, 0.15) is 19.9 Å². The van der Waals surface area contributed by atoms with Crippen LogP contribution >= 0.6 is 0 Å². The predicted octanol–water partition coefficient (Wildman–Crippen LogP) is 2.85. The minimum absolute atomic E-state index is 0.240. The van der Waals surface area contributed by atoms with Crippen LogP contribution in [0.4, 0.5) is 10.1 Å². The standard InChI is InChI=1S/C12H14FN3/c1-8(2)16-7-11(14)12(15-16)9-4-3-5-10(13)6-9/h3-8H,14H2,1-2H3. The third-order valence-electron chi connectivity index (χ3n) is 2.39. The number of anilines is 1. The van der Waals surface area contributed by atoms with Crippen molar-refractivity contribution in [1.82, 2.24) is 9.78 Å². The summed E-state index contributed by atoms with van der Waals surface area (Å²) >= 11 is 0. The van der Waals surface area contributed by atoms with E-state index in [1.807, 2.05) is 13.8 Å². The monoisotopic (exact) mass is 219 g/mol. The largest absolute Gasteiger partial charge is 0.396 e. The van der Waals surface area contributed by atoms with Gasteiger partial charge in [0.25, 0.3) is 0 Å². The topological polar surface area (TPSA) is 43.8 Å². The summed E-state index contributed by atoms with van der Waals surface area (Å²) in [6, 6.07) is 6.53. The van der Waals surface area contributed by atoms with Gasteiger partial charge in [-0.2, -0.15) is 5.10 Å². The summed E-state index contributed by atoms with van der Waals surface area (Å²) in [4.78, 5) is 0. The molecule has 2 rings (SSSR count). The molecular formula is C12H14FN3. The normalized spacial score (nSPS) is 11.0. The van der Waals surface area contributed by atoms with Crippen molar-refractivity contribution in [3.05, 3.63) is 36.3 Å². The number of rotatable bonds is 2. The Morgan fingerprint density at radius 2 is 2.12 bits per heavy atom. The fraction of sp³-hybridized carbons (Fsp3) is 0.250. The molecule has 0 amide bonds. The Morgan fingerprint density at radius 1 is 1.38 bits per heavy atom. The molecule has 0 fully saturated rings. The Morgan fingerprint density at radius 3 is 2.69 bits per heavy atom. The zero-order valence-corrected chi connectivity index (χ0v) is 9.31. The van der Waals surface area contributed by atoms with Crippen LogP contribution < -0.4 is 5.73 Å². The molecule has 1 aromatic heterocycles. The highest BCUT2D eigenvalue weighted by Crippen LogP contribution is 2.25. The zero-order chi connectivity index (χ0) is 11.7. The minimum atomic E-state index is -0.281. The molecule has 0 unspecified atom stereocenters. The molecule has 0 spiro atoms. The number of hydrogen-bond acceptors (Lipinski definition) is 2. The summed E-state index contributed by atoms with van der Waals surface area (Å²) in [6.07, 6.45) is 1.77. The van der Waals surface area contributed by atoms with Gasteiger partial charge in [0.2, 0.25) is 0 Å². The van der Waals surface area contributed by atoms with Gasteiger partial charge in [0.15, 0.2) is 0 Å². The maximum atomic E-state index is 13.1. The zero-order valence-electron chi connectivity index (χ0n) is 9.31. The van der Waals surface area contributed by atoms with E-state index in [2.05, 4.69) is 5.10 Å². The van der Waals surface area contributed by atoms with E-state index in [1.165, 1.54) is 12.1 Å². The summed E-state index contributed by atoms with van der Waals surface area (Å²) in [5, 5.41) is 4.35. The van der Waals surface area contributed by atoms with Crippen LogP contribution in [0.15, 0.2) is 30.5 Å². The average Bonchev–Trinajstić information content (AvgIpc) is 2.60. The second-order valence-corrected chi connectivity index (χ2v) is 4.02. The van der Waals surface area contributed by atoms with Crippen molar-refractivity contribution in [3.8, 4) is 11.3 Å². The van der Waals surface area contributed by atoms with Crippen molar-refractivity contribution in [2.75, 3.05) is 5.73 Å². The summed E-state index contributed by atoms with van der Waals surface area (Å²) in [7, 11) is 0. The van der Waals surface area contributed by atoms with Crippen molar-refractivity contribution in [1.29, 1.82) is 0 Å². The van der Waals surface area contributed by atoms with Gasteiger partial charge in [0.1, 0.15) is 11.5 Å². The van der Waals surface area contributed by atoms with Crippen LogP contribution in [-0.2, 0) is 0 Å². The number of aromatic nitrogens is 2. The molecule has 3 nitrogen and oxygen atoms in total. The number of nitrogens with zero attached hydrogens (tertiary/aromatic N) is 2. The molecule has 1 aromatic carbocycles. The molecule has 0 aliphatic rings. The maximum Gasteiger partial charge on any atom is 0.123 e. The summed E-state index contributed by atoms with van der Waals surface area (Å²) < 4.78 is 14.8. The highest BCUT2D eigenvalue weighted by molar-refractivity contribution is 5.71. The molecule has 0 radical (unpaired) electrons. The molecule has 1 heterocycles. The van der Waals surface area contributed by atoms with Crippen LogP contribution in [0.2, 0.25) is 0 Å². The molecule has 0 aliphatic carbocycles. The smallest absolute Gasteiger partial charge is 0.123 e. The lowest BCUT2D eigenvalue weighted by Gasteiger charge is -2.03. The van der Waals surface area contributed by atoms with E-state index < -0.39 is 0 Å². The number of halogens is 1. The molecule has 0 atom stereocenters. The first-order valence-corrected chi connectivity index (χ1v) is 5.18. The lowest BCUT2D eigenvalue weighted by molar-refractivity contribution is 0.534. The second kappa shape index (κ2) is 3.96. The Hall–Kier alpha value is -1.84. The lowest BCUT2D eigenvalue weighted by Crippen LogP contribution is -2.00. The van der Waals surface area contributed by atoms with E-state index in [4.69, 9.17) is 5.73 Å². The Kier molecular flexibility index (Phi) is 2.64. The van der Waals surface area contributed by atoms with Crippen LogP contribution in [0.25, 0.3) is 11.3 Å². The molecule has 2 aromatic rings. The molecule has 84 valence electrons. The van der Waals surface area contributed by atoms with Gasteiger partial charge in [-0.15, -0.1) is 0 Å². The van der Waals surface area contributed by atoms with E-state index in [1.54, 1.807) is 23.0 Å². The maximum absolute atomic E-state index is 13.1. The minimum Gasteiger partial charge on any atom is -0.396 e. The molecule has 4 heteroatoms. The number of benzene rings is 1. The molecule has 0 saturated heterocycles. The summed E-state index contributed by atoms with van der Waals surface area (Å²) in [5.74, 6) is -0.281. The number of nitrogens with two attached hydrogens (primary N) is 1. The fourth-order valence-corrected chi connectivity index (χ4v) is 1.53. The van der Waals surface area contributed by atoms with E-state index >= 15 is 0 Å². The van der Waals surface area contributed by atoms with Gasteiger partial charge in [-0.05, 0) is 26.0 Å². The SMILES string of the molecule is CC(C)n1cc(N)c(-c2cccc(F)c2)n1. The predicted molar refractivity (Wildman–Crippen MR) is 62.4 cm³/mol. The van der Waals surface area contributed by atoms with E-state index in [9.17, 15) is 4.39 Å². The van der Waals surface area contributed by atoms with Gasteiger partial charge in [0.05, 0.1) is 5.69 Å². The van der Waals surface area contributed by atoms with Crippen molar-refractivity contribution < 1.29 is 4.39 Å². The van der Waals surface area contributed by atoms with Gasteiger partial charge in [-0.3, -0.25) is 4.68 Å². The van der Waals surface area contributed by atoms with Crippen molar-refractivity contribution in [2.24, 2.45) is 0 Å². The van der Waals surface area contributed by atoms with Gasteiger partial charge >= 0.3 is 0 Å². The molecule has 0 bridgehead atoms. The van der Waals surface area contributed by atoms with Crippen molar-refractivity contribution in [3.63, 3.8) is 0 Å². The first kappa shape index (κ1) is 10.7. The van der Waals surface area contributed by atoms with Gasteiger partial charge in [-0.1, -0.05) is 12.1 Å². The fourth-order valence-electron chi connectivity index (χ4n) is 1.53. The van der Waals surface area contributed by atoms with Gasteiger partial charge < -0.3 is 5.73 Å². The molecule has 2 N–H and O–H groups in total. The van der Waals surface area contributed by atoms with Crippen LogP contribution in [0.5, 0.6) is 0 Å². The highest BCUT2D eigenvalue weighted by Gasteiger charge is 2.10. The van der Waals surface area contributed by atoms with E-state index in [0.717, 1.165) is 0 Å². The summed E-state index contributed by atoms with van der Waals surface area (Å²) in [5.41, 5.74) is 7.76. The van der Waals surface area contributed by atoms with Crippen LogP contribution in [0, 0.1) is 5.82 Å². The number of nitrogen functional groups attached to an aromatic ring is 1. The van der Waals surface area contributed by atoms with Gasteiger partial charge in [-0.25, -0.2) is 4.39 Å². The average molecular weight is 219 g/mol. The van der Waals surface area contributed by atoms with Crippen LogP contribution in [0.3, 0.4) is 0 Å². The highest BCUT2D eigenvalue weighted by atomic mass is 19.1. The number of hydrogen-bond donors (Lipinski definition) is 1. The van der Waals surface area contributed by atoms with Gasteiger partial charge in [0, 0.05) is 17.8 Å². The Labute approximate surface area is 93.7 Å². The Balaban J connectivity index is 2.48. The third kappa shape index (κ3) is 1.91. The molecular weight excluding hydrogens is 205 g/mol. The second-order valence-electron chi connectivity index (χ2n) is 4.02. The quantitative estimate of drug-likeness (QED) is 0.844. The first-order valence-electron chi connectivity index (χ1n) is 5.18.